The van der Waals surface area contributed by atoms with Crippen molar-refractivity contribution < 1.29 is 4.74 Å². The van der Waals surface area contributed by atoms with Crippen molar-refractivity contribution in [1.82, 2.24) is 0 Å². The second kappa shape index (κ2) is 3.81. The number of hydrogen-bond acceptors (Lipinski definition) is 3. The number of nitrogens with zero attached hydrogens (tertiary/aromatic N) is 1. The van der Waals surface area contributed by atoms with Gasteiger partial charge in [0.05, 0.1) is 0 Å². The molecule has 0 aliphatic carbocycles. The molecule has 3 nitrogen and oxygen atoms in total. The van der Waals surface area contributed by atoms with Crippen LogP contribution in [0.25, 0.3) is 0 Å². The first-order valence-corrected chi connectivity index (χ1v) is 4.01. The van der Waals surface area contributed by atoms with Crippen LogP contribution in [-0.4, -0.2) is 6.61 Å². The molecule has 0 aliphatic heterocycles. The molecule has 0 saturated heterocycles. The molecule has 0 heterocycles. The molecule has 0 bridgehead atoms. The van der Waals surface area contributed by atoms with E-state index >= 15 is 0 Å². The Morgan fingerprint density at radius 1 is 1.38 bits per heavy atom. The van der Waals surface area contributed by atoms with Crippen LogP contribution in [0.15, 0.2) is 12.1 Å². The van der Waals surface area contributed by atoms with Crippen molar-refractivity contribution in [2.45, 2.75) is 13.8 Å². The summed E-state index contributed by atoms with van der Waals surface area (Å²) in [5, 5.41) is 8.34. The Morgan fingerprint density at radius 2 is 2.08 bits per heavy atom. The van der Waals surface area contributed by atoms with Gasteiger partial charge in [0.1, 0.15) is 11.8 Å². The third kappa shape index (κ3) is 2.12. The Morgan fingerprint density at radius 3 is 2.69 bits per heavy atom. The molecule has 1 aromatic rings. The number of aryl methyl sites for hydroxylation is 2. The van der Waals surface area contributed by atoms with E-state index in [0.717, 1.165) is 22.6 Å². The highest BCUT2D eigenvalue weighted by molar-refractivity contribution is 5.53. The Labute approximate surface area is 77.7 Å². The van der Waals surface area contributed by atoms with Crippen molar-refractivity contribution >= 4 is 5.69 Å². The van der Waals surface area contributed by atoms with Crippen molar-refractivity contribution in [1.29, 1.82) is 5.26 Å². The number of ether oxygens (including phenoxy) is 1. The van der Waals surface area contributed by atoms with Crippen LogP contribution < -0.4 is 10.5 Å². The zero-order chi connectivity index (χ0) is 9.84. The van der Waals surface area contributed by atoms with Crippen LogP contribution in [0.4, 0.5) is 5.69 Å². The maximum atomic E-state index is 8.34. The van der Waals surface area contributed by atoms with E-state index in [-0.39, 0.29) is 6.61 Å². The molecule has 0 spiro atoms. The molecule has 3 heteroatoms. The molecule has 0 unspecified atom stereocenters. The highest BCUT2D eigenvalue weighted by atomic mass is 16.5. The van der Waals surface area contributed by atoms with Gasteiger partial charge in [0.25, 0.3) is 0 Å². The minimum absolute atomic E-state index is 0.0736. The van der Waals surface area contributed by atoms with Gasteiger partial charge in [0.15, 0.2) is 6.61 Å². The molecule has 13 heavy (non-hydrogen) atoms. The first-order chi connectivity index (χ1) is 6.15. The summed E-state index contributed by atoms with van der Waals surface area (Å²) in [4.78, 5) is 0. The van der Waals surface area contributed by atoms with Gasteiger partial charge in [-0.1, -0.05) is 0 Å². The van der Waals surface area contributed by atoms with E-state index in [9.17, 15) is 0 Å². The number of hydrogen-bond donors (Lipinski definition) is 1. The van der Waals surface area contributed by atoms with E-state index in [1.54, 1.807) is 0 Å². The average molecular weight is 176 g/mol. The lowest BCUT2D eigenvalue weighted by atomic mass is 10.1. The van der Waals surface area contributed by atoms with Crippen LogP contribution in [0, 0.1) is 25.2 Å². The van der Waals surface area contributed by atoms with E-state index in [1.165, 1.54) is 0 Å². The Hall–Kier alpha value is -1.69. The predicted octanol–water partition coefficient (Wildman–Crippen LogP) is 1.79. The lowest BCUT2D eigenvalue weighted by Gasteiger charge is -2.08. The maximum Gasteiger partial charge on any atom is 0.174 e. The molecule has 0 radical (unpaired) electrons. The van der Waals surface area contributed by atoms with E-state index in [2.05, 4.69) is 0 Å². The van der Waals surface area contributed by atoms with Crippen molar-refractivity contribution in [2.24, 2.45) is 0 Å². The van der Waals surface area contributed by atoms with E-state index in [4.69, 9.17) is 15.7 Å². The summed E-state index contributed by atoms with van der Waals surface area (Å²) in [5.74, 6) is 0.730. The van der Waals surface area contributed by atoms with Crippen LogP contribution in [0.2, 0.25) is 0 Å². The van der Waals surface area contributed by atoms with Gasteiger partial charge in [-0.05, 0) is 37.1 Å². The number of nitrogen functional groups attached to an aromatic ring is 1. The highest BCUT2D eigenvalue weighted by Gasteiger charge is 2.02. The van der Waals surface area contributed by atoms with Gasteiger partial charge in [-0.15, -0.1) is 0 Å². The monoisotopic (exact) mass is 176 g/mol. The first-order valence-electron chi connectivity index (χ1n) is 4.01. The smallest absolute Gasteiger partial charge is 0.174 e. The minimum Gasteiger partial charge on any atom is -0.478 e. The van der Waals surface area contributed by atoms with Gasteiger partial charge < -0.3 is 10.5 Å². The van der Waals surface area contributed by atoms with Crippen LogP contribution in [-0.2, 0) is 0 Å². The summed E-state index contributed by atoms with van der Waals surface area (Å²) >= 11 is 0. The molecule has 2 N–H and O–H groups in total. The molecule has 68 valence electrons. The number of benzene rings is 1. The van der Waals surface area contributed by atoms with Crippen LogP contribution in [0.1, 0.15) is 11.1 Å². The number of nitriles is 1. The molecule has 0 atom stereocenters. The first kappa shape index (κ1) is 9.40. The maximum absolute atomic E-state index is 8.34. The van der Waals surface area contributed by atoms with Crippen molar-refractivity contribution in [3.63, 3.8) is 0 Å². The number of rotatable bonds is 2. The normalized spacial score (nSPS) is 9.31. The van der Waals surface area contributed by atoms with Crippen LogP contribution in [0.5, 0.6) is 5.75 Å². The third-order valence-electron chi connectivity index (χ3n) is 1.86. The van der Waals surface area contributed by atoms with Gasteiger partial charge in [-0.25, -0.2) is 0 Å². The Bertz CT molecular complexity index is 353. The van der Waals surface area contributed by atoms with Crippen LogP contribution >= 0.6 is 0 Å². The van der Waals surface area contributed by atoms with Gasteiger partial charge in [-0.3, -0.25) is 0 Å². The molecule has 0 aromatic heterocycles. The second-order valence-corrected chi connectivity index (χ2v) is 2.92. The summed E-state index contributed by atoms with van der Waals surface area (Å²) < 4.78 is 5.21. The quantitative estimate of drug-likeness (QED) is 0.699. The Kier molecular flexibility index (Phi) is 2.76. The predicted molar refractivity (Wildman–Crippen MR) is 51.4 cm³/mol. The fourth-order valence-electron chi connectivity index (χ4n) is 1.08. The molecular formula is C10H12N2O. The lowest BCUT2D eigenvalue weighted by molar-refractivity contribution is 0.365. The van der Waals surface area contributed by atoms with Crippen molar-refractivity contribution in [3.05, 3.63) is 23.3 Å². The molecule has 0 amide bonds. The largest absolute Gasteiger partial charge is 0.478 e. The zero-order valence-corrected chi connectivity index (χ0v) is 7.79. The summed E-state index contributed by atoms with van der Waals surface area (Å²) in [6.45, 7) is 3.89. The fourth-order valence-corrected chi connectivity index (χ4v) is 1.08. The molecule has 0 saturated carbocycles. The van der Waals surface area contributed by atoms with Crippen molar-refractivity contribution in [3.8, 4) is 11.8 Å². The molecule has 0 aliphatic rings. The molecular weight excluding hydrogens is 164 g/mol. The summed E-state index contributed by atoms with van der Waals surface area (Å²) in [6, 6.07) is 5.62. The summed E-state index contributed by atoms with van der Waals surface area (Å²) in [6.07, 6.45) is 0. The minimum atomic E-state index is 0.0736. The molecule has 1 aromatic carbocycles. The summed E-state index contributed by atoms with van der Waals surface area (Å²) in [7, 11) is 0. The lowest BCUT2D eigenvalue weighted by Crippen LogP contribution is -1.98. The zero-order valence-electron chi connectivity index (χ0n) is 7.79. The molecule has 1 rings (SSSR count). The third-order valence-corrected chi connectivity index (χ3v) is 1.86. The van der Waals surface area contributed by atoms with Crippen LogP contribution in [0.3, 0.4) is 0 Å². The highest BCUT2D eigenvalue weighted by Crippen LogP contribution is 2.23. The molecule has 0 fully saturated rings. The second-order valence-electron chi connectivity index (χ2n) is 2.92. The SMILES string of the molecule is Cc1cc(OCC#N)c(C)cc1N. The topological polar surface area (TPSA) is 59.0 Å². The van der Waals surface area contributed by atoms with E-state index in [0.29, 0.717) is 0 Å². The van der Waals surface area contributed by atoms with E-state index in [1.807, 2.05) is 32.0 Å². The average Bonchev–Trinajstić information content (AvgIpc) is 2.09. The standard InChI is InChI=1S/C10H12N2O/c1-7-6-10(13-4-3-11)8(2)5-9(7)12/h5-6H,4,12H2,1-2H3. The Balaban J connectivity index is 2.96. The number of anilines is 1. The van der Waals surface area contributed by atoms with Crippen molar-refractivity contribution in [2.75, 3.05) is 12.3 Å². The van der Waals surface area contributed by atoms with Gasteiger partial charge in [0, 0.05) is 5.69 Å². The van der Waals surface area contributed by atoms with Gasteiger partial charge >= 0.3 is 0 Å². The fraction of sp³-hybridized carbons (Fsp3) is 0.300. The van der Waals surface area contributed by atoms with E-state index < -0.39 is 0 Å². The van der Waals surface area contributed by atoms with Gasteiger partial charge in [-0.2, -0.15) is 5.26 Å². The van der Waals surface area contributed by atoms with Gasteiger partial charge in [0.2, 0.25) is 0 Å². The summed E-state index contributed by atoms with van der Waals surface area (Å²) in [5.41, 5.74) is 8.38. The number of nitrogens with two attached hydrogens (primary N) is 1.